The molecule has 3 rings (SSSR count). The molecule has 1 aliphatic heterocycles. The van der Waals surface area contributed by atoms with Gasteiger partial charge in [0.25, 0.3) is 0 Å². The van der Waals surface area contributed by atoms with E-state index in [1.807, 2.05) is 43.7 Å². The number of nitrogens with one attached hydrogen (secondary N) is 1. The van der Waals surface area contributed by atoms with Gasteiger partial charge in [-0.25, -0.2) is 4.98 Å². The number of imidazole rings is 1. The number of amides is 1. The van der Waals surface area contributed by atoms with Gasteiger partial charge in [-0.3, -0.25) is 14.6 Å². The number of benzene rings is 1. The molecule has 0 atom stereocenters. The van der Waals surface area contributed by atoms with Crippen LogP contribution in [0.1, 0.15) is 6.92 Å². The van der Waals surface area contributed by atoms with E-state index in [1.165, 1.54) is 0 Å². The van der Waals surface area contributed by atoms with E-state index in [9.17, 15) is 4.79 Å². The second kappa shape index (κ2) is 9.35. The lowest BCUT2D eigenvalue weighted by atomic mass is 10.2. The van der Waals surface area contributed by atoms with Gasteiger partial charge in [-0.2, -0.15) is 0 Å². The molecular weight excluding hydrogens is 330 g/mol. The number of carbonyl (C=O) groups excluding carboxylic acids is 1. The lowest BCUT2D eigenvalue weighted by Gasteiger charge is -2.34. The van der Waals surface area contributed by atoms with Gasteiger partial charge in [-0.1, -0.05) is 12.1 Å². The van der Waals surface area contributed by atoms with Gasteiger partial charge in [0.1, 0.15) is 5.75 Å². The van der Waals surface area contributed by atoms with Crippen molar-refractivity contribution in [2.45, 2.75) is 13.5 Å². The Morgan fingerprint density at radius 2 is 1.92 bits per heavy atom. The number of piperazine rings is 1. The third-order valence-electron chi connectivity index (χ3n) is 4.53. The lowest BCUT2D eigenvalue weighted by molar-refractivity contribution is -0.117. The molecule has 1 aliphatic rings. The first-order valence-electron chi connectivity index (χ1n) is 9.16. The number of carbonyl (C=O) groups is 1. The molecule has 1 N–H and O–H groups in total. The van der Waals surface area contributed by atoms with Crippen LogP contribution in [0.3, 0.4) is 0 Å². The van der Waals surface area contributed by atoms with Crippen molar-refractivity contribution < 1.29 is 9.53 Å². The van der Waals surface area contributed by atoms with E-state index >= 15 is 0 Å². The van der Waals surface area contributed by atoms with Gasteiger partial charge in [-0.15, -0.1) is 0 Å². The van der Waals surface area contributed by atoms with E-state index in [4.69, 9.17) is 4.74 Å². The number of ether oxygens (including phenoxy) is 1. The summed E-state index contributed by atoms with van der Waals surface area (Å²) >= 11 is 0. The third-order valence-corrected chi connectivity index (χ3v) is 4.53. The number of nitrogens with zero attached hydrogens (tertiary/aromatic N) is 4. The van der Waals surface area contributed by atoms with Crippen molar-refractivity contribution in [3.8, 4) is 5.75 Å². The zero-order valence-corrected chi connectivity index (χ0v) is 15.3. The highest BCUT2D eigenvalue weighted by Gasteiger charge is 2.19. The summed E-state index contributed by atoms with van der Waals surface area (Å²) in [5, 5.41) is 2.97. The molecule has 1 amide bonds. The normalized spacial score (nSPS) is 15.7. The molecular formula is C19H27N5O2. The van der Waals surface area contributed by atoms with Crippen molar-refractivity contribution in [3.05, 3.63) is 43.0 Å². The minimum atomic E-state index is 0.00372. The molecule has 7 heteroatoms. The van der Waals surface area contributed by atoms with Crippen molar-refractivity contribution >= 4 is 11.6 Å². The van der Waals surface area contributed by atoms with Gasteiger partial charge in [0.2, 0.25) is 5.91 Å². The van der Waals surface area contributed by atoms with E-state index in [2.05, 4.69) is 24.7 Å². The van der Waals surface area contributed by atoms with Crippen molar-refractivity contribution in [1.82, 2.24) is 19.4 Å². The number of anilines is 1. The molecule has 0 spiro atoms. The van der Waals surface area contributed by atoms with E-state index in [0.717, 1.165) is 45.0 Å². The van der Waals surface area contributed by atoms with Gasteiger partial charge >= 0.3 is 0 Å². The molecule has 0 bridgehead atoms. The molecule has 1 aromatic heterocycles. The van der Waals surface area contributed by atoms with Gasteiger partial charge in [-0.05, 0) is 19.1 Å². The van der Waals surface area contributed by atoms with Crippen LogP contribution in [0.5, 0.6) is 5.75 Å². The second-order valence-corrected chi connectivity index (χ2v) is 6.40. The maximum absolute atomic E-state index is 12.4. The minimum Gasteiger partial charge on any atom is -0.492 e. The molecule has 0 aliphatic carbocycles. The molecule has 2 heterocycles. The van der Waals surface area contributed by atoms with Crippen LogP contribution < -0.4 is 10.1 Å². The molecule has 2 aromatic rings. The van der Waals surface area contributed by atoms with Crippen LogP contribution in [0.2, 0.25) is 0 Å². The number of aromatic nitrogens is 2. The average Bonchev–Trinajstić information content (AvgIpc) is 3.17. The highest BCUT2D eigenvalue weighted by Crippen LogP contribution is 2.23. The lowest BCUT2D eigenvalue weighted by Crippen LogP contribution is -2.49. The monoisotopic (exact) mass is 357 g/mol. The van der Waals surface area contributed by atoms with E-state index in [1.54, 1.807) is 6.20 Å². The van der Waals surface area contributed by atoms with Crippen molar-refractivity contribution in [1.29, 1.82) is 0 Å². The molecule has 140 valence electrons. The molecule has 26 heavy (non-hydrogen) atoms. The number of hydrogen-bond acceptors (Lipinski definition) is 5. The van der Waals surface area contributed by atoms with Crippen LogP contribution in [0.15, 0.2) is 43.0 Å². The molecule has 1 fully saturated rings. The van der Waals surface area contributed by atoms with Crippen LogP contribution in [0, 0.1) is 0 Å². The fraction of sp³-hybridized carbons (Fsp3) is 0.474. The zero-order chi connectivity index (χ0) is 18.2. The fourth-order valence-corrected chi connectivity index (χ4v) is 3.09. The highest BCUT2D eigenvalue weighted by molar-refractivity contribution is 5.93. The predicted molar refractivity (Wildman–Crippen MR) is 101 cm³/mol. The summed E-state index contributed by atoms with van der Waals surface area (Å²) in [5.41, 5.74) is 0.735. The van der Waals surface area contributed by atoms with Gasteiger partial charge in [0.05, 0.1) is 25.2 Å². The summed E-state index contributed by atoms with van der Waals surface area (Å²) in [6.07, 6.45) is 5.64. The van der Waals surface area contributed by atoms with E-state index < -0.39 is 0 Å². The third kappa shape index (κ3) is 5.31. The summed E-state index contributed by atoms with van der Waals surface area (Å²) in [6.45, 7) is 8.67. The Morgan fingerprint density at radius 3 is 2.65 bits per heavy atom. The predicted octanol–water partition coefficient (Wildman–Crippen LogP) is 1.54. The fourth-order valence-electron chi connectivity index (χ4n) is 3.09. The second-order valence-electron chi connectivity index (χ2n) is 6.40. The summed E-state index contributed by atoms with van der Waals surface area (Å²) in [4.78, 5) is 21.1. The van der Waals surface area contributed by atoms with E-state index in [0.29, 0.717) is 18.9 Å². The number of para-hydroxylation sites is 2. The van der Waals surface area contributed by atoms with Crippen LogP contribution >= 0.6 is 0 Å². The van der Waals surface area contributed by atoms with Crippen LogP contribution in [-0.2, 0) is 11.3 Å². The SMILES string of the molecule is CCOc1ccccc1NC(=O)CN1CCN(CCn2ccnc2)CC1. The first-order valence-corrected chi connectivity index (χ1v) is 9.16. The minimum absolute atomic E-state index is 0.00372. The van der Waals surface area contributed by atoms with Crippen LogP contribution in [0.4, 0.5) is 5.69 Å². The Morgan fingerprint density at radius 1 is 1.15 bits per heavy atom. The molecule has 1 saturated heterocycles. The Bertz CT molecular complexity index is 681. The molecule has 7 nitrogen and oxygen atoms in total. The summed E-state index contributed by atoms with van der Waals surface area (Å²) in [5.74, 6) is 0.719. The molecule has 0 unspecified atom stereocenters. The Labute approximate surface area is 154 Å². The summed E-state index contributed by atoms with van der Waals surface area (Å²) in [6, 6.07) is 7.55. The first-order chi connectivity index (χ1) is 12.7. The topological polar surface area (TPSA) is 62.6 Å². The van der Waals surface area contributed by atoms with Crippen molar-refractivity contribution in [2.24, 2.45) is 0 Å². The van der Waals surface area contributed by atoms with Gasteiger partial charge in [0, 0.05) is 51.7 Å². The van der Waals surface area contributed by atoms with Crippen LogP contribution in [0.25, 0.3) is 0 Å². The van der Waals surface area contributed by atoms with E-state index in [-0.39, 0.29) is 5.91 Å². The van der Waals surface area contributed by atoms with Crippen LogP contribution in [-0.4, -0.2) is 71.1 Å². The smallest absolute Gasteiger partial charge is 0.238 e. The molecule has 0 saturated carbocycles. The van der Waals surface area contributed by atoms with Gasteiger partial charge < -0.3 is 14.6 Å². The van der Waals surface area contributed by atoms with Crippen molar-refractivity contribution in [3.63, 3.8) is 0 Å². The maximum atomic E-state index is 12.4. The Kier molecular flexibility index (Phi) is 6.62. The number of hydrogen-bond donors (Lipinski definition) is 1. The highest BCUT2D eigenvalue weighted by atomic mass is 16.5. The molecule has 1 aromatic carbocycles. The maximum Gasteiger partial charge on any atom is 0.238 e. The number of rotatable bonds is 8. The zero-order valence-electron chi connectivity index (χ0n) is 15.3. The largest absolute Gasteiger partial charge is 0.492 e. The first kappa shape index (κ1) is 18.4. The van der Waals surface area contributed by atoms with Crippen molar-refractivity contribution in [2.75, 3.05) is 51.2 Å². The standard InChI is InChI=1S/C19H27N5O2/c1-2-26-18-6-4-3-5-17(18)21-19(25)15-23-12-9-22(10-13-23)11-14-24-8-7-20-16-24/h3-8,16H,2,9-15H2,1H3,(H,21,25). The Hall–Kier alpha value is -2.38. The Balaban J connectivity index is 1.40. The molecule has 0 radical (unpaired) electrons. The van der Waals surface area contributed by atoms with Gasteiger partial charge in [0.15, 0.2) is 0 Å². The summed E-state index contributed by atoms with van der Waals surface area (Å²) < 4.78 is 7.65. The summed E-state index contributed by atoms with van der Waals surface area (Å²) in [7, 11) is 0. The average molecular weight is 357 g/mol. The quantitative estimate of drug-likeness (QED) is 0.776.